The first-order chi connectivity index (χ1) is 15.5. The number of amides is 1. The number of thioether (sulfide) groups is 1. The Morgan fingerprint density at radius 1 is 1.00 bits per heavy atom. The van der Waals surface area contributed by atoms with E-state index in [2.05, 4.69) is 0 Å². The van der Waals surface area contributed by atoms with Crippen LogP contribution in [0.15, 0.2) is 80.8 Å². The molecule has 0 aliphatic carbocycles. The Hall–Kier alpha value is -3.02. The summed E-state index contributed by atoms with van der Waals surface area (Å²) in [6.45, 7) is 2.39. The van der Waals surface area contributed by atoms with Crippen molar-refractivity contribution in [3.05, 3.63) is 110 Å². The predicted octanol–water partition coefficient (Wildman–Crippen LogP) is 6.22. The molecule has 0 radical (unpaired) electrons. The molecular formula is C26H20ClNO3S. The van der Waals surface area contributed by atoms with Crippen LogP contribution in [-0.4, -0.2) is 17.1 Å². The van der Waals surface area contributed by atoms with Crippen molar-refractivity contribution in [3.8, 4) is 0 Å². The zero-order chi connectivity index (χ0) is 22.4. The van der Waals surface area contributed by atoms with Crippen molar-refractivity contribution in [2.45, 2.75) is 24.4 Å². The van der Waals surface area contributed by atoms with Crippen LogP contribution in [0.25, 0.3) is 11.0 Å². The van der Waals surface area contributed by atoms with Gasteiger partial charge < -0.3 is 9.32 Å². The highest BCUT2D eigenvalue weighted by molar-refractivity contribution is 7.98. The van der Waals surface area contributed by atoms with Gasteiger partial charge in [-0.2, -0.15) is 0 Å². The van der Waals surface area contributed by atoms with E-state index in [-0.39, 0.29) is 17.1 Å². The van der Waals surface area contributed by atoms with E-state index in [1.54, 1.807) is 34.9 Å². The molecule has 5 rings (SSSR count). The Morgan fingerprint density at radius 2 is 1.72 bits per heavy atom. The average molecular weight is 462 g/mol. The molecule has 4 aromatic rings. The summed E-state index contributed by atoms with van der Waals surface area (Å²) >= 11 is 7.79. The second-order valence-corrected chi connectivity index (χ2v) is 9.22. The highest BCUT2D eigenvalue weighted by atomic mass is 35.5. The molecule has 160 valence electrons. The summed E-state index contributed by atoms with van der Waals surface area (Å²) in [5.41, 5.74) is 3.52. The van der Waals surface area contributed by atoms with Crippen LogP contribution in [0.2, 0.25) is 5.02 Å². The minimum atomic E-state index is -0.533. The number of carbonyl (C=O) groups excluding carboxylic acids is 1. The van der Waals surface area contributed by atoms with Gasteiger partial charge in [-0.15, -0.1) is 11.8 Å². The second-order valence-electron chi connectivity index (χ2n) is 7.91. The van der Waals surface area contributed by atoms with E-state index in [9.17, 15) is 9.59 Å². The van der Waals surface area contributed by atoms with E-state index < -0.39 is 6.04 Å². The van der Waals surface area contributed by atoms with Gasteiger partial charge in [0.05, 0.1) is 17.0 Å². The lowest BCUT2D eigenvalue weighted by Crippen LogP contribution is -2.29. The van der Waals surface area contributed by atoms with E-state index in [1.165, 1.54) is 0 Å². The number of hydrogen-bond acceptors (Lipinski definition) is 4. The van der Waals surface area contributed by atoms with Crippen molar-refractivity contribution in [1.82, 2.24) is 4.90 Å². The maximum absolute atomic E-state index is 13.6. The molecule has 32 heavy (non-hydrogen) atoms. The molecule has 2 heterocycles. The topological polar surface area (TPSA) is 50.5 Å². The molecule has 0 fully saturated rings. The molecule has 4 nitrogen and oxygen atoms in total. The number of nitrogens with zero attached hydrogens (tertiary/aromatic N) is 1. The van der Waals surface area contributed by atoms with Crippen LogP contribution < -0.4 is 5.43 Å². The van der Waals surface area contributed by atoms with Crippen LogP contribution >= 0.6 is 23.4 Å². The van der Waals surface area contributed by atoms with Crippen LogP contribution in [0.5, 0.6) is 0 Å². The van der Waals surface area contributed by atoms with Gasteiger partial charge in [-0.25, -0.2) is 0 Å². The number of halogens is 1. The SMILES string of the molecule is CSc1ccc([C@H]2c3c(oc4ccc(Cl)cc4c3=O)C(=O)N2Cc2ccc(C)cc2)cc1. The number of fused-ring (bicyclic) bond motifs is 2. The molecular weight excluding hydrogens is 442 g/mol. The van der Waals surface area contributed by atoms with Crippen molar-refractivity contribution in [3.63, 3.8) is 0 Å². The molecule has 0 unspecified atom stereocenters. The van der Waals surface area contributed by atoms with E-state index in [0.717, 1.165) is 21.6 Å². The summed E-state index contributed by atoms with van der Waals surface area (Å²) in [5, 5.41) is 0.832. The molecule has 3 aromatic carbocycles. The van der Waals surface area contributed by atoms with Gasteiger partial charge in [0, 0.05) is 16.5 Å². The molecule has 1 aliphatic heterocycles. The van der Waals surface area contributed by atoms with Crippen LogP contribution in [0.4, 0.5) is 0 Å². The zero-order valence-corrected chi connectivity index (χ0v) is 19.2. The van der Waals surface area contributed by atoms with Crippen molar-refractivity contribution in [2.75, 3.05) is 6.26 Å². The van der Waals surface area contributed by atoms with Crippen LogP contribution in [0.3, 0.4) is 0 Å². The maximum atomic E-state index is 13.6. The van der Waals surface area contributed by atoms with Gasteiger partial charge in [-0.1, -0.05) is 53.6 Å². The fraction of sp³-hybridized carbons (Fsp3) is 0.154. The number of benzene rings is 3. The minimum absolute atomic E-state index is 0.107. The third-order valence-corrected chi connectivity index (χ3v) is 6.81. The van der Waals surface area contributed by atoms with E-state index in [1.807, 2.05) is 61.7 Å². The third kappa shape index (κ3) is 3.51. The van der Waals surface area contributed by atoms with Crippen molar-refractivity contribution >= 4 is 40.2 Å². The van der Waals surface area contributed by atoms with Crippen LogP contribution in [0.1, 0.15) is 38.9 Å². The second kappa shape index (κ2) is 8.15. The Kier molecular flexibility index (Phi) is 5.31. The first-order valence-electron chi connectivity index (χ1n) is 10.2. The lowest BCUT2D eigenvalue weighted by Gasteiger charge is -2.25. The van der Waals surface area contributed by atoms with Crippen LogP contribution in [0, 0.1) is 6.92 Å². The summed E-state index contributed by atoms with van der Waals surface area (Å²) in [5.74, 6) is -0.177. The fourth-order valence-corrected chi connectivity index (χ4v) is 4.76. The van der Waals surface area contributed by atoms with Gasteiger partial charge in [0.25, 0.3) is 5.91 Å². The first kappa shape index (κ1) is 20.9. The van der Waals surface area contributed by atoms with Crippen LogP contribution in [-0.2, 0) is 6.54 Å². The highest BCUT2D eigenvalue weighted by Gasteiger charge is 2.42. The largest absolute Gasteiger partial charge is 0.450 e. The number of rotatable bonds is 4. The molecule has 1 aliphatic rings. The standard InChI is InChI=1S/C26H20ClNO3S/c1-15-3-5-16(6-4-15)14-28-23(17-7-10-19(32-2)11-8-17)22-24(29)20-13-18(27)9-12-21(20)31-25(22)26(28)30/h3-13,23H,14H2,1-2H3/t23-/m0/s1. The van der Waals surface area contributed by atoms with Gasteiger partial charge in [-0.3, -0.25) is 9.59 Å². The summed E-state index contributed by atoms with van der Waals surface area (Å²) in [4.78, 5) is 29.9. The molecule has 0 spiro atoms. The molecule has 0 saturated carbocycles. The van der Waals surface area contributed by atoms with Crippen molar-refractivity contribution in [1.29, 1.82) is 0 Å². The number of aryl methyl sites for hydroxylation is 1. The lowest BCUT2D eigenvalue weighted by atomic mass is 9.98. The molecule has 0 bridgehead atoms. The Morgan fingerprint density at radius 3 is 2.41 bits per heavy atom. The Bertz CT molecular complexity index is 1390. The molecule has 1 amide bonds. The number of hydrogen-bond donors (Lipinski definition) is 0. The van der Waals surface area contributed by atoms with Crippen molar-refractivity contribution in [2.24, 2.45) is 0 Å². The Balaban J connectivity index is 1.70. The van der Waals surface area contributed by atoms with E-state index in [0.29, 0.717) is 28.1 Å². The zero-order valence-electron chi connectivity index (χ0n) is 17.6. The fourth-order valence-electron chi connectivity index (χ4n) is 4.18. The van der Waals surface area contributed by atoms with Gasteiger partial charge in [-0.05, 0) is 54.6 Å². The molecule has 0 N–H and O–H groups in total. The van der Waals surface area contributed by atoms with Gasteiger partial charge in [0.15, 0.2) is 5.43 Å². The normalized spacial score (nSPS) is 15.4. The molecule has 1 atom stereocenters. The smallest absolute Gasteiger partial charge is 0.291 e. The average Bonchev–Trinajstić information content (AvgIpc) is 3.08. The quantitative estimate of drug-likeness (QED) is 0.338. The minimum Gasteiger partial charge on any atom is -0.450 e. The lowest BCUT2D eigenvalue weighted by molar-refractivity contribution is 0.0714. The monoisotopic (exact) mass is 461 g/mol. The third-order valence-electron chi connectivity index (χ3n) is 5.83. The summed E-state index contributed by atoms with van der Waals surface area (Å²) < 4.78 is 5.98. The highest BCUT2D eigenvalue weighted by Crippen LogP contribution is 2.39. The maximum Gasteiger partial charge on any atom is 0.291 e. The summed E-state index contributed by atoms with van der Waals surface area (Å²) in [6.07, 6.45) is 2.01. The molecule has 6 heteroatoms. The molecule has 0 saturated heterocycles. The van der Waals surface area contributed by atoms with Crippen molar-refractivity contribution < 1.29 is 9.21 Å². The van der Waals surface area contributed by atoms with Gasteiger partial charge >= 0.3 is 0 Å². The Labute approximate surface area is 194 Å². The van der Waals surface area contributed by atoms with E-state index in [4.69, 9.17) is 16.0 Å². The van der Waals surface area contributed by atoms with Gasteiger partial charge in [0.1, 0.15) is 5.58 Å². The predicted molar refractivity (Wildman–Crippen MR) is 129 cm³/mol. The first-order valence-corrected chi connectivity index (χ1v) is 11.8. The number of carbonyl (C=O) groups is 1. The molecule has 1 aromatic heterocycles. The summed E-state index contributed by atoms with van der Waals surface area (Å²) in [6, 6.07) is 20.4. The van der Waals surface area contributed by atoms with E-state index >= 15 is 0 Å². The summed E-state index contributed by atoms with van der Waals surface area (Å²) in [7, 11) is 0. The van der Waals surface area contributed by atoms with Gasteiger partial charge in [0.2, 0.25) is 5.76 Å².